The van der Waals surface area contributed by atoms with E-state index in [1.54, 1.807) is 7.11 Å². The van der Waals surface area contributed by atoms with Gasteiger partial charge >= 0.3 is 0 Å². The van der Waals surface area contributed by atoms with Gasteiger partial charge < -0.3 is 15.0 Å². The van der Waals surface area contributed by atoms with E-state index in [0.29, 0.717) is 19.7 Å². The highest BCUT2D eigenvalue weighted by molar-refractivity contribution is 5.81. The van der Waals surface area contributed by atoms with Gasteiger partial charge in [-0.05, 0) is 25.0 Å². The fraction of sp³-hybridized carbons (Fsp3) is 0.562. The number of nitrogens with zero attached hydrogens (tertiary/aromatic N) is 1. The first-order chi connectivity index (χ1) is 9.72. The Hall–Kier alpha value is -1.55. The second kappa shape index (κ2) is 9.37. The van der Waals surface area contributed by atoms with Gasteiger partial charge in [-0.2, -0.15) is 0 Å². The van der Waals surface area contributed by atoms with Gasteiger partial charge in [-0.3, -0.25) is 4.79 Å². The van der Waals surface area contributed by atoms with E-state index in [1.165, 1.54) is 0 Å². The summed E-state index contributed by atoms with van der Waals surface area (Å²) in [4.78, 5) is 14.3. The number of hydrogen-bond acceptors (Lipinski definition) is 3. The maximum Gasteiger partial charge on any atom is 0.242 e. The van der Waals surface area contributed by atoms with Crippen LogP contribution in [0.1, 0.15) is 26.7 Å². The Labute approximate surface area is 122 Å². The number of ether oxygens (including phenoxy) is 1. The molecule has 0 aliphatic heterocycles. The van der Waals surface area contributed by atoms with E-state index in [0.717, 1.165) is 18.5 Å². The van der Waals surface area contributed by atoms with Crippen LogP contribution in [0.25, 0.3) is 0 Å². The van der Waals surface area contributed by atoms with Crippen LogP contribution in [0, 0.1) is 0 Å². The molecule has 0 aliphatic carbocycles. The first kappa shape index (κ1) is 16.5. The van der Waals surface area contributed by atoms with Crippen molar-refractivity contribution in [2.45, 2.75) is 32.7 Å². The van der Waals surface area contributed by atoms with Crippen LogP contribution in [0.5, 0.6) is 0 Å². The highest BCUT2D eigenvalue weighted by Gasteiger charge is 2.20. The van der Waals surface area contributed by atoms with Crippen molar-refractivity contribution in [3.63, 3.8) is 0 Å². The molecule has 0 heterocycles. The van der Waals surface area contributed by atoms with Crippen LogP contribution in [0.3, 0.4) is 0 Å². The molecule has 4 heteroatoms. The number of hydrogen-bond donors (Lipinski definition) is 1. The average Bonchev–Trinajstić information content (AvgIpc) is 2.50. The van der Waals surface area contributed by atoms with E-state index in [2.05, 4.69) is 19.2 Å². The van der Waals surface area contributed by atoms with E-state index >= 15 is 0 Å². The zero-order chi connectivity index (χ0) is 14.8. The number of benzene rings is 1. The SMILES string of the molecule is CCC(CC)N(CCOC)C(=O)CNc1ccccc1. The van der Waals surface area contributed by atoms with Gasteiger partial charge in [0, 0.05) is 25.4 Å². The van der Waals surface area contributed by atoms with E-state index in [9.17, 15) is 4.79 Å². The minimum absolute atomic E-state index is 0.125. The molecule has 0 aliphatic rings. The number of carbonyl (C=O) groups excluding carboxylic acids is 1. The lowest BCUT2D eigenvalue weighted by atomic mass is 10.1. The predicted molar refractivity (Wildman–Crippen MR) is 82.9 cm³/mol. The summed E-state index contributed by atoms with van der Waals surface area (Å²) < 4.78 is 5.11. The van der Waals surface area contributed by atoms with Crippen molar-refractivity contribution in [3.8, 4) is 0 Å². The highest BCUT2D eigenvalue weighted by Crippen LogP contribution is 2.10. The van der Waals surface area contributed by atoms with E-state index in [4.69, 9.17) is 4.74 Å². The highest BCUT2D eigenvalue weighted by atomic mass is 16.5. The van der Waals surface area contributed by atoms with Gasteiger partial charge in [0.2, 0.25) is 5.91 Å². The Morgan fingerprint density at radius 3 is 2.45 bits per heavy atom. The van der Waals surface area contributed by atoms with Crippen LogP contribution in [0.4, 0.5) is 5.69 Å². The van der Waals surface area contributed by atoms with Crippen LogP contribution < -0.4 is 5.32 Å². The minimum Gasteiger partial charge on any atom is -0.383 e. The van der Waals surface area contributed by atoms with Crippen molar-refractivity contribution in [1.29, 1.82) is 0 Å². The predicted octanol–water partition coefficient (Wildman–Crippen LogP) is 2.76. The zero-order valence-corrected chi connectivity index (χ0v) is 12.8. The van der Waals surface area contributed by atoms with Gasteiger partial charge in [0.1, 0.15) is 0 Å². The molecule has 1 aromatic rings. The number of nitrogens with one attached hydrogen (secondary N) is 1. The fourth-order valence-electron chi connectivity index (χ4n) is 2.27. The molecule has 0 unspecified atom stereocenters. The molecule has 4 nitrogen and oxygen atoms in total. The molecule has 0 fully saturated rings. The lowest BCUT2D eigenvalue weighted by Gasteiger charge is -2.30. The number of amides is 1. The first-order valence-electron chi connectivity index (χ1n) is 7.30. The van der Waals surface area contributed by atoms with Gasteiger partial charge in [-0.25, -0.2) is 0 Å². The third-order valence-corrected chi connectivity index (χ3v) is 3.46. The van der Waals surface area contributed by atoms with E-state index < -0.39 is 0 Å². The number of para-hydroxylation sites is 1. The molecule has 1 rings (SSSR count). The molecule has 1 N–H and O–H groups in total. The normalized spacial score (nSPS) is 10.6. The Morgan fingerprint density at radius 2 is 1.90 bits per heavy atom. The van der Waals surface area contributed by atoms with Crippen LogP contribution in [-0.4, -0.2) is 43.7 Å². The first-order valence-corrected chi connectivity index (χ1v) is 7.30. The molecule has 1 amide bonds. The van der Waals surface area contributed by atoms with Gasteiger partial charge in [-0.15, -0.1) is 0 Å². The van der Waals surface area contributed by atoms with Gasteiger partial charge in [0.05, 0.1) is 13.2 Å². The largest absolute Gasteiger partial charge is 0.383 e. The summed E-state index contributed by atoms with van der Waals surface area (Å²) in [7, 11) is 1.66. The molecule has 1 aromatic carbocycles. The van der Waals surface area contributed by atoms with Crippen LogP contribution in [0.15, 0.2) is 30.3 Å². The van der Waals surface area contributed by atoms with Crippen molar-refractivity contribution >= 4 is 11.6 Å². The zero-order valence-electron chi connectivity index (χ0n) is 12.8. The number of anilines is 1. The molecule has 112 valence electrons. The second-order valence-corrected chi connectivity index (χ2v) is 4.77. The maximum absolute atomic E-state index is 12.4. The summed E-state index contributed by atoms with van der Waals surface area (Å²) in [5.41, 5.74) is 0.970. The summed E-state index contributed by atoms with van der Waals surface area (Å²) >= 11 is 0. The Morgan fingerprint density at radius 1 is 1.25 bits per heavy atom. The van der Waals surface area contributed by atoms with Crippen molar-refractivity contribution < 1.29 is 9.53 Å². The summed E-state index contributed by atoms with van der Waals surface area (Å²) in [5, 5.41) is 3.17. The van der Waals surface area contributed by atoms with Crippen LogP contribution >= 0.6 is 0 Å². The number of methoxy groups -OCH3 is 1. The van der Waals surface area contributed by atoms with Crippen molar-refractivity contribution in [2.75, 3.05) is 32.1 Å². The molecular weight excluding hydrogens is 252 g/mol. The third-order valence-electron chi connectivity index (χ3n) is 3.46. The number of carbonyl (C=O) groups is 1. The Kier molecular flexibility index (Phi) is 7.73. The molecule has 0 spiro atoms. The van der Waals surface area contributed by atoms with Crippen molar-refractivity contribution in [3.05, 3.63) is 30.3 Å². The van der Waals surface area contributed by atoms with E-state index in [1.807, 2.05) is 35.2 Å². The van der Waals surface area contributed by atoms with Gasteiger partial charge in [-0.1, -0.05) is 32.0 Å². The molecular formula is C16H26N2O2. The Bertz CT molecular complexity index is 377. The summed E-state index contributed by atoms with van der Waals surface area (Å²) in [6, 6.07) is 10.1. The molecule has 0 saturated heterocycles. The standard InChI is InChI=1S/C16H26N2O2/c1-4-15(5-2)18(11-12-20-3)16(19)13-17-14-9-7-6-8-10-14/h6-10,15,17H,4-5,11-13H2,1-3H3. The fourth-order valence-corrected chi connectivity index (χ4v) is 2.27. The van der Waals surface area contributed by atoms with E-state index in [-0.39, 0.29) is 11.9 Å². The second-order valence-electron chi connectivity index (χ2n) is 4.77. The summed E-state index contributed by atoms with van der Waals surface area (Å²) in [5.74, 6) is 0.125. The topological polar surface area (TPSA) is 41.6 Å². The van der Waals surface area contributed by atoms with Gasteiger partial charge in [0.25, 0.3) is 0 Å². The lowest BCUT2D eigenvalue weighted by Crippen LogP contribution is -2.44. The molecule has 0 bridgehead atoms. The molecule has 0 atom stereocenters. The van der Waals surface area contributed by atoms with Gasteiger partial charge in [0.15, 0.2) is 0 Å². The average molecular weight is 278 g/mol. The molecule has 20 heavy (non-hydrogen) atoms. The Balaban J connectivity index is 2.58. The molecule has 0 radical (unpaired) electrons. The monoisotopic (exact) mass is 278 g/mol. The van der Waals surface area contributed by atoms with Crippen LogP contribution in [-0.2, 0) is 9.53 Å². The quantitative estimate of drug-likeness (QED) is 0.755. The summed E-state index contributed by atoms with van der Waals surface area (Å²) in [6.45, 7) is 5.79. The molecule has 0 aromatic heterocycles. The van der Waals surface area contributed by atoms with Crippen molar-refractivity contribution in [1.82, 2.24) is 4.90 Å². The molecule has 0 saturated carbocycles. The summed E-state index contributed by atoms with van der Waals surface area (Å²) in [6.07, 6.45) is 1.94. The van der Waals surface area contributed by atoms with Crippen LogP contribution in [0.2, 0.25) is 0 Å². The lowest BCUT2D eigenvalue weighted by molar-refractivity contribution is -0.132. The maximum atomic E-state index is 12.4. The van der Waals surface area contributed by atoms with Crippen molar-refractivity contribution in [2.24, 2.45) is 0 Å². The smallest absolute Gasteiger partial charge is 0.242 e. The third kappa shape index (κ3) is 5.21. The number of rotatable bonds is 9. The minimum atomic E-state index is 0.125.